The maximum absolute atomic E-state index is 13.7. The summed E-state index contributed by atoms with van der Waals surface area (Å²) < 4.78 is 12.3. The first-order valence-electron chi connectivity index (χ1n) is 14.9. The van der Waals surface area contributed by atoms with Crippen LogP contribution in [-0.2, 0) is 32.7 Å². The summed E-state index contributed by atoms with van der Waals surface area (Å²) in [5.41, 5.74) is 9.62. The summed E-state index contributed by atoms with van der Waals surface area (Å²) in [5.74, 6) is 0.508. The van der Waals surface area contributed by atoms with Crippen molar-refractivity contribution in [3.05, 3.63) is 83.8 Å². The van der Waals surface area contributed by atoms with Gasteiger partial charge in [-0.25, -0.2) is 15.0 Å². The number of fused-ring (bicyclic) bond motifs is 1. The van der Waals surface area contributed by atoms with Crippen LogP contribution < -0.4 is 16.0 Å². The molecular weight excluding hydrogens is 574 g/mol. The number of aliphatic imine (C=N–C) groups is 1. The lowest BCUT2D eigenvalue weighted by molar-refractivity contribution is -0.147. The van der Waals surface area contributed by atoms with Crippen LogP contribution >= 0.6 is 0 Å². The number of aromatic nitrogens is 3. The van der Waals surface area contributed by atoms with Crippen LogP contribution in [0.1, 0.15) is 61.8 Å². The fraction of sp³-hybridized carbons (Fsp3) is 0.333. The van der Waals surface area contributed by atoms with E-state index in [1.807, 2.05) is 48.9 Å². The quantitative estimate of drug-likeness (QED) is 0.118. The smallest absolute Gasteiger partial charge is 0.307 e. The van der Waals surface area contributed by atoms with E-state index >= 15 is 0 Å². The van der Waals surface area contributed by atoms with Crippen molar-refractivity contribution in [2.75, 3.05) is 23.4 Å². The average Bonchev–Trinajstić information content (AvgIpc) is 3.37. The minimum atomic E-state index is -0.670. The molecule has 0 aliphatic rings. The van der Waals surface area contributed by atoms with Crippen molar-refractivity contribution in [1.82, 2.24) is 14.5 Å². The minimum Gasteiger partial charge on any atom is -0.466 e. The predicted molar refractivity (Wildman–Crippen MR) is 173 cm³/mol. The van der Waals surface area contributed by atoms with Crippen molar-refractivity contribution in [3.63, 3.8) is 0 Å². The van der Waals surface area contributed by atoms with Gasteiger partial charge in [0, 0.05) is 43.0 Å². The average molecular weight is 614 g/mol. The highest BCUT2D eigenvalue weighted by Crippen LogP contribution is 2.21. The molecule has 0 saturated heterocycles. The summed E-state index contributed by atoms with van der Waals surface area (Å²) in [4.78, 5) is 52.1. The number of nitrogens with zero attached hydrogens (tertiary/aromatic N) is 5. The molecule has 4 rings (SSSR count). The zero-order chi connectivity index (χ0) is 32.3. The van der Waals surface area contributed by atoms with E-state index in [4.69, 9.17) is 20.2 Å². The number of esters is 2. The molecule has 0 radical (unpaired) electrons. The zero-order valence-corrected chi connectivity index (χ0v) is 26.0. The van der Waals surface area contributed by atoms with Gasteiger partial charge in [0.2, 0.25) is 0 Å². The molecule has 1 amide bonds. The second kappa shape index (κ2) is 15.5. The van der Waals surface area contributed by atoms with Gasteiger partial charge in [0.25, 0.3) is 5.91 Å². The number of benzene rings is 2. The molecule has 12 nitrogen and oxygen atoms in total. The summed E-state index contributed by atoms with van der Waals surface area (Å²) in [5, 5.41) is 3.36. The van der Waals surface area contributed by atoms with Crippen LogP contribution in [0.4, 0.5) is 11.5 Å². The van der Waals surface area contributed by atoms with Crippen LogP contribution in [0.15, 0.2) is 71.9 Å². The highest BCUT2D eigenvalue weighted by Gasteiger charge is 2.21. The van der Waals surface area contributed by atoms with Gasteiger partial charge in [0.1, 0.15) is 17.5 Å². The van der Waals surface area contributed by atoms with E-state index in [1.54, 1.807) is 50.4 Å². The number of anilines is 2. The molecule has 12 heteroatoms. The van der Waals surface area contributed by atoms with Crippen LogP contribution in [0.2, 0.25) is 0 Å². The molecule has 4 aromatic rings. The summed E-state index contributed by atoms with van der Waals surface area (Å²) in [7, 11) is 1.92. The first kappa shape index (κ1) is 32.6. The second-order valence-corrected chi connectivity index (χ2v) is 10.3. The Morgan fingerprint density at radius 3 is 2.49 bits per heavy atom. The van der Waals surface area contributed by atoms with Crippen molar-refractivity contribution in [2.24, 2.45) is 17.8 Å². The number of amidine groups is 1. The number of imidazole rings is 1. The SMILES string of the molecule is CCCOC(=O)CCN(C(=O)c1ccc2c(c1)nc(CNc1ccc(/C(N)=N\C(C)OC(=O)CC)cc1)n2C)c1ccccn1. The lowest BCUT2D eigenvalue weighted by Gasteiger charge is -2.21. The molecule has 45 heavy (non-hydrogen) atoms. The predicted octanol–water partition coefficient (Wildman–Crippen LogP) is 4.58. The standard InChI is InChI=1S/C33H39N7O5/c1-5-19-44-31(42)16-18-40(28-9-7-8-17-35-28)33(43)24-12-15-27-26(20-24)38-29(39(27)4)21-36-25-13-10-23(11-14-25)32(34)37-22(3)45-30(41)6-2/h7-15,17,20,22,36H,5-6,16,18-19,21H2,1-4H3,(H2,34,37). The molecule has 3 N–H and O–H groups in total. The van der Waals surface area contributed by atoms with Crippen molar-refractivity contribution in [3.8, 4) is 0 Å². The summed E-state index contributed by atoms with van der Waals surface area (Å²) in [6.07, 6.45) is 1.99. The Bertz CT molecular complexity index is 1650. The number of carbonyl (C=O) groups is 3. The number of carbonyl (C=O) groups excluding carboxylic acids is 3. The van der Waals surface area contributed by atoms with Crippen LogP contribution in [0, 0.1) is 0 Å². The van der Waals surface area contributed by atoms with E-state index in [2.05, 4.69) is 15.3 Å². The van der Waals surface area contributed by atoms with Gasteiger partial charge in [0.05, 0.1) is 30.6 Å². The van der Waals surface area contributed by atoms with Gasteiger partial charge in [-0.1, -0.05) is 19.9 Å². The molecule has 0 aliphatic carbocycles. The van der Waals surface area contributed by atoms with E-state index in [0.29, 0.717) is 35.6 Å². The normalized spacial score (nSPS) is 12.0. The number of hydrogen-bond donors (Lipinski definition) is 2. The van der Waals surface area contributed by atoms with Gasteiger partial charge in [-0.15, -0.1) is 0 Å². The number of aryl methyl sites for hydroxylation is 1. The number of nitrogens with one attached hydrogen (secondary N) is 1. The Balaban J connectivity index is 1.45. The van der Waals surface area contributed by atoms with E-state index in [1.165, 1.54) is 4.90 Å². The minimum absolute atomic E-state index is 0.0534. The van der Waals surface area contributed by atoms with Crippen molar-refractivity contribution >= 4 is 46.2 Å². The molecule has 2 aromatic heterocycles. The highest BCUT2D eigenvalue weighted by atomic mass is 16.6. The molecule has 0 spiro atoms. The number of hydrogen-bond acceptors (Lipinski definition) is 9. The largest absolute Gasteiger partial charge is 0.466 e. The van der Waals surface area contributed by atoms with Gasteiger partial charge >= 0.3 is 11.9 Å². The van der Waals surface area contributed by atoms with Crippen molar-refractivity contribution in [2.45, 2.75) is 52.8 Å². The van der Waals surface area contributed by atoms with E-state index in [9.17, 15) is 14.4 Å². The Morgan fingerprint density at radius 1 is 1.04 bits per heavy atom. The fourth-order valence-electron chi connectivity index (χ4n) is 4.53. The third-order valence-corrected chi connectivity index (χ3v) is 6.94. The fourth-order valence-corrected chi connectivity index (χ4v) is 4.53. The van der Waals surface area contributed by atoms with Gasteiger partial charge < -0.3 is 25.1 Å². The van der Waals surface area contributed by atoms with Crippen LogP contribution in [0.5, 0.6) is 0 Å². The summed E-state index contributed by atoms with van der Waals surface area (Å²) in [6.45, 7) is 6.22. The third kappa shape index (κ3) is 8.65. The number of pyridine rings is 1. The number of rotatable bonds is 14. The second-order valence-electron chi connectivity index (χ2n) is 10.3. The zero-order valence-electron chi connectivity index (χ0n) is 26.0. The molecule has 236 valence electrons. The Labute approximate surface area is 262 Å². The Morgan fingerprint density at radius 2 is 1.80 bits per heavy atom. The van der Waals surface area contributed by atoms with Gasteiger partial charge in [0.15, 0.2) is 6.23 Å². The Hall–Kier alpha value is -5.26. The molecular formula is C33H39N7O5. The first-order chi connectivity index (χ1) is 21.7. The maximum atomic E-state index is 13.7. The van der Waals surface area contributed by atoms with Gasteiger partial charge in [-0.2, -0.15) is 0 Å². The molecule has 0 aliphatic heterocycles. The van der Waals surface area contributed by atoms with Crippen LogP contribution in [-0.4, -0.2) is 57.6 Å². The first-order valence-corrected chi connectivity index (χ1v) is 14.9. The lowest BCUT2D eigenvalue weighted by atomic mass is 10.1. The molecule has 1 atom stereocenters. The van der Waals surface area contributed by atoms with Gasteiger partial charge in [-0.05, 0) is 67.9 Å². The molecule has 0 bridgehead atoms. The van der Waals surface area contributed by atoms with Crippen molar-refractivity contribution < 1.29 is 23.9 Å². The van der Waals surface area contributed by atoms with E-state index in [0.717, 1.165) is 23.4 Å². The van der Waals surface area contributed by atoms with Crippen molar-refractivity contribution in [1.29, 1.82) is 0 Å². The molecule has 0 saturated carbocycles. The number of nitrogens with two attached hydrogens (primary N) is 1. The Kier molecular flexibility index (Phi) is 11.2. The summed E-state index contributed by atoms with van der Waals surface area (Å²) >= 11 is 0. The van der Waals surface area contributed by atoms with E-state index in [-0.39, 0.29) is 43.1 Å². The highest BCUT2D eigenvalue weighted by molar-refractivity contribution is 6.07. The topological polar surface area (TPSA) is 154 Å². The maximum Gasteiger partial charge on any atom is 0.307 e. The number of ether oxygens (including phenoxy) is 2. The third-order valence-electron chi connectivity index (χ3n) is 6.94. The van der Waals surface area contributed by atoms with Crippen LogP contribution in [0.3, 0.4) is 0 Å². The molecule has 0 fully saturated rings. The molecule has 1 unspecified atom stereocenters. The molecule has 2 heterocycles. The monoisotopic (exact) mass is 613 g/mol. The van der Waals surface area contributed by atoms with Gasteiger partial charge in [-0.3, -0.25) is 19.3 Å². The summed E-state index contributed by atoms with van der Waals surface area (Å²) in [6, 6.07) is 18.1. The number of amides is 1. The lowest BCUT2D eigenvalue weighted by Crippen LogP contribution is -2.34. The van der Waals surface area contributed by atoms with Crippen LogP contribution in [0.25, 0.3) is 11.0 Å². The molecule has 2 aromatic carbocycles. The van der Waals surface area contributed by atoms with E-state index < -0.39 is 6.23 Å².